The number of amides is 2. The quantitative estimate of drug-likeness (QED) is 0.253. The third-order valence-corrected chi connectivity index (χ3v) is 4.55. The maximum Gasteiger partial charge on any atom is 0.339 e. The van der Waals surface area contributed by atoms with Crippen molar-refractivity contribution in [2.75, 3.05) is 25.6 Å². The molecule has 0 saturated heterocycles. The number of rotatable bonds is 9. The molecule has 0 aliphatic rings. The van der Waals surface area contributed by atoms with Gasteiger partial charge in [0.1, 0.15) is 19.0 Å². The number of para-hydroxylation sites is 1. The Morgan fingerprint density at radius 3 is 2.45 bits per heavy atom. The molecule has 0 radical (unpaired) electrons. The van der Waals surface area contributed by atoms with Gasteiger partial charge in [-0.25, -0.2) is 10.2 Å². The number of ether oxygens (including phenoxy) is 3. The van der Waals surface area contributed by atoms with Crippen molar-refractivity contribution >= 4 is 33.9 Å². The highest BCUT2D eigenvalue weighted by atomic mass is 79.9. The summed E-state index contributed by atoms with van der Waals surface area (Å²) in [5.74, 6) is 1.92. The van der Waals surface area contributed by atoms with Crippen LogP contribution in [0, 0.1) is 0 Å². The maximum absolute atomic E-state index is 11.9. The standard InChI is InChI=1S/C23H22BrN3O4/c1-29-22-15-17(16-25-27-23(28)26-19-5-3-2-4-6-19)7-12-21(22)31-14-13-30-20-10-8-18(24)9-11-20/h2-12,15-16H,13-14H2,1H3,(H2,26,27,28)/b25-16-. The van der Waals surface area contributed by atoms with Gasteiger partial charge < -0.3 is 19.5 Å². The second kappa shape index (κ2) is 11.6. The number of carbonyl (C=O) groups excluding carboxylic acids is 1. The predicted octanol–water partition coefficient (Wildman–Crippen LogP) is 5.07. The van der Waals surface area contributed by atoms with E-state index in [0.29, 0.717) is 30.4 Å². The molecule has 31 heavy (non-hydrogen) atoms. The molecule has 0 atom stereocenters. The molecule has 0 saturated carbocycles. The maximum atomic E-state index is 11.9. The molecule has 0 aliphatic carbocycles. The Hall–Kier alpha value is -3.52. The molecule has 3 aromatic carbocycles. The van der Waals surface area contributed by atoms with Crippen LogP contribution in [0.15, 0.2) is 82.4 Å². The SMILES string of the molecule is COc1cc(/C=N\NC(=O)Nc2ccccc2)ccc1OCCOc1ccc(Br)cc1. The molecule has 2 amide bonds. The van der Waals surface area contributed by atoms with Gasteiger partial charge in [-0.15, -0.1) is 0 Å². The zero-order chi connectivity index (χ0) is 21.9. The van der Waals surface area contributed by atoms with E-state index in [2.05, 4.69) is 31.8 Å². The Bertz CT molecular complexity index is 1010. The third-order valence-electron chi connectivity index (χ3n) is 4.02. The molecular weight excluding hydrogens is 462 g/mol. The summed E-state index contributed by atoms with van der Waals surface area (Å²) in [6.07, 6.45) is 1.52. The lowest BCUT2D eigenvalue weighted by Crippen LogP contribution is -2.24. The molecule has 2 N–H and O–H groups in total. The van der Waals surface area contributed by atoms with Crippen LogP contribution in [0.3, 0.4) is 0 Å². The van der Waals surface area contributed by atoms with Gasteiger partial charge in [-0.3, -0.25) is 0 Å². The second-order valence-electron chi connectivity index (χ2n) is 6.25. The number of anilines is 1. The summed E-state index contributed by atoms with van der Waals surface area (Å²) in [7, 11) is 1.56. The lowest BCUT2D eigenvalue weighted by atomic mass is 10.2. The highest BCUT2D eigenvalue weighted by molar-refractivity contribution is 9.10. The van der Waals surface area contributed by atoms with E-state index in [-0.39, 0.29) is 0 Å². The van der Waals surface area contributed by atoms with Gasteiger partial charge in [-0.2, -0.15) is 5.10 Å². The van der Waals surface area contributed by atoms with Crippen LogP contribution in [0.25, 0.3) is 0 Å². The summed E-state index contributed by atoms with van der Waals surface area (Å²) >= 11 is 3.39. The minimum atomic E-state index is -0.430. The number of halogens is 1. The Morgan fingerprint density at radius 1 is 0.968 bits per heavy atom. The van der Waals surface area contributed by atoms with E-state index < -0.39 is 6.03 Å². The Balaban J connectivity index is 1.47. The number of urea groups is 1. The average Bonchev–Trinajstić information content (AvgIpc) is 2.79. The van der Waals surface area contributed by atoms with Crippen LogP contribution in [0.4, 0.5) is 10.5 Å². The third kappa shape index (κ3) is 7.35. The van der Waals surface area contributed by atoms with Crippen molar-refractivity contribution in [2.45, 2.75) is 0 Å². The number of carbonyl (C=O) groups is 1. The molecule has 0 spiro atoms. The van der Waals surface area contributed by atoms with Crippen molar-refractivity contribution in [1.82, 2.24) is 5.43 Å². The first-order valence-electron chi connectivity index (χ1n) is 9.48. The number of hydrazone groups is 1. The molecule has 0 unspecified atom stereocenters. The molecule has 0 bridgehead atoms. The zero-order valence-electron chi connectivity index (χ0n) is 16.9. The summed E-state index contributed by atoms with van der Waals surface area (Å²) in [6, 6.07) is 21.6. The van der Waals surface area contributed by atoms with Crippen LogP contribution in [0.1, 0.15) is 5.56 Å². The van der Waals surface area contributed by atoms with Gasteiger partial charge in [0.2, 0.25) is 0 Å². The van der Waals surface area contributed by atoms with Crippen molar-refractivity contribution in [2.24, 2.45) is 5.10 Å². The van der Waals surface area contributed by atoms with Crippen LogP contribution in [0.2, 0.25) is 0 Å². The van der Waals surface area contributed by atoms with Gasteiger partial charge in [0, 0.05) is 10.2 Å². The van der Waals surface area contributed by atoms with E-state index in [4.69, 9.17) is 14.2 Å². The van der Waals surface area contributed by atoms with Crippen LogP contribution < -0.4 is 25.0 Å². The summed E-state index contributed by atoms with van der Waals surface area (Å²) in [5, 5.41) is 6.63. The lowest BCUT2D eigenvalue weighted by molar-refractivity contribution is 0.211. The molecule has 160 valence electrons. The number of nitrogens with zero attached hydrogens (tertiary/aromatic N) is 1. The van der Waals surface area contributed by atoms with Crippen LogP contribution in [0.5, 0.6) is 17.2 Å². The minimum Gasteiger partial charge on any atom is -0.493 e. The highest BCUT2D eigenvalue weighted by Crippen LogP contribution is 2.27. The highest BCUT2D eigenvalue weighted by Gasteiger charge is 2.06. The smallest absolute Gasteiger partial charge is 0.339 e. The van der Waals surface area contributed by atoms with E-state index in [0.717, 1.165) is 15.8 Å². The monoisotopic (exact) mass is 483 g/mol. The van der Waals surface area contributed by atoms with Crippen molar-refractivity contribution in [3.8, 4) is 17.2 Å². The van der Waals surface area contributed by atoms with Gasteiger partial charge in [0.05, 0.1) is 13.3 Å². The number of methoxy groups -OCH3 is 1. The van der Waals surface area contributed by atoms with E-state index in [1.54, 1.807) is 31.4 Å². The molecule has 3 rings (SSSR count). The Labute approximate surface area is 189 Å². The first-order chi connectivity index (χ1) is 15.1. The first kappa shape index (κ1) is 22.2. The lowest BCUT2D eigenvalue weighted by Gasteiger charge is -2.12. The van der Waals surface area contributed by atoms with Crippen LogP contribution in [-0.4, -0.2) is 32.6 Å². The first-order valence-corrected chi connectivity index (χ1v) is 10.3. The van der Waals surface area contributed by atoms with Crippen LogP contribution >= 0.6 is 15.9 Å². The number of nitrogens with one attached hydrogen (secondary N) is 2. The van der Waals surface area contributed by atoms with Gasteiger partial charge in [0.25, 0.3) is 0 Å². The molecular formula is C23H22BrN3O4. The fourth-order valence-corrected chi connectivity index (χ4v) is 2.84. The Morgan fingerprint density at radius 2 is 1.71 bits per heavy atom. The van der Waals surface area contributed by atoms with E-state index in [1.807, 2.05) is 48.5 Å². The molecule has 0 aliphatic heterocycles. The summed E-state index contributed by atoms with van der Waals surface area (Å²) in [5.41, 5.74) is 3.85. The van der Waals surface area contributed by atoms with E-state index >= 15 is 0 Å². The second-order valence-corrected chi connectivity index (χ2v) is 7.17. The topological polar surface area (TPSA) is 81.2 Å². The van der Waals surface area contributed by atoms with Crippen molar-refractivity contribution in [3.63, 3.8) is 0 Å². The van der Waals surface area contributed by atoms with Crippen LogP contribution in [-0.2, 0) is 0 Å². The number of hydrogen-bond donors (Lipinski definition) is 2. The van der Waals surface area contributed by atoms with Crippen molar-refractivity contribution in [3.05, 3.63) is 82.8 Å². The summed E-state index contributed by atoms with van der Waals surface area (Å²) in [4.78, 5) is 11.9. The summed E-state index contributed by atoms with van der Waals surface area (Å²) < 4.78 is 17.8. The van der Waals surface area contributed by atoms with Gasteiger partial charge >= 0.3 is 6.03 Å². The van der Waals surface area contributed by atoms with Crippen molar-refractivity contribution < 1.29 is 19.0 Å². The van der Waals surface area contributed by atoms with Crippen molar-refractivity contribution in [1.29, 1.82) is 0 Å². The van der Waals surface area contributed by atoms with E-state index in [1.165, 1.54) is 6.21 Å². The normalized spacial score (nSPS) is 10.5. The molecule has 8 heteroatoms. The van der Waals surface area contributed by atoms with Gasteiger partial charge in [-0.1, -0.05) is 34.1 Å². The fourth-order valence-electron chi connectivity index (χ4n) is 2.57. The number of hydrogen-bond acceptors (Lipinski definition) is 5. The Kier molecular flexibility index (Phi) is 8.30. The molecule has 7 nitrogen and oxygen atoms in total. The largest absolute Gasteiger partial charge is 0.493 e. The van der Waals surface area contributed by atoms with Gasteiger partial charge in [0.15, 0.2) is 11.5 Å². The summed E-state index contributed by atoms with van der Waals surface area (Å²) in [6.45, 7) is 0.759. The van der Waals surface area contributed by atoms with Gasteiger partial charge in [-0.05, 0) is 60.2 Å². The molecule has 0 heterocycles. The molecule has 3 aromatic rings. The molecule has 0 aromatic heterocycles. The predicted molar refractivity (Wildman–Crippen MR) is 124 cm³/mol. The van der Waals surface area contributed by atoms with E-state index in [9.17, 15) is 4.79 Å². The zero-order valence-corrected chi connectivity index (χ0v) is 18.5. The minimum absolute atomic E-state index is 0.362. The fraction of sp³-hybridized carbons (Fsp3) is 0.130. The average molecular weight is 484 g/mol. The molecule has 0 fully saturated rings. The number of benzene rings is 3.